The number of aromatic nitrogens is 1. The van der Waals surface area contributed by atoms with Gasteiger partial charge in [-0.2, -0.15) is 0 Å². The van der Waals surface area contributed by atoms with Crippen molar-refractivity contribution >= 4 is 23.8 Å². The maximum absolute atomic E-state index is 12.1. The van der Waals surface area contributed by atoms with E-state index in [0.29, 0.717) is 0 Å². The molecule has 3 rings (SSSR count). The third-order valence-corrected chi connectivity index (χ3v) is 3.33. The van der Waals surface area contributed by atoms with Crippen LogP contribution in [0.4, 0.5) is 5.69 Å². The summed E-state index contributed by atoms with van der Waals surface area (Å²) in [5, 5.41) is 0. The lowest BCUT2D eigenvalue weighted by Gasteiger charge is -2.19. The van der Waals surface area contributed by atoms with Crippen molar-refractivity contribution in [2.45, 2.75) is 12.7 Å². The quantitative estimate of drug-likeness (QED) is 0.799. The van der Waals surface area contributed by atoms with Gasteiger partial charge in [-0.3, -0.25) is 4.99 Å². The number of carbonyl (C=O) groups excluding carboxylic acids is 2. The molecule has 7 heteroatoms. The molecular weight excluding hydrogens is 312 g/mol. The fraction of sp³-hybridized carbons (Fsp3) is 0.176. The summed E-state index contributed by atoms with van der Waals surface area (Å²) in [5.74, 6) is -1.06. The topological polar surface area (TPSA) is 87.1 Å². The molecular formula is C17H14N2O5. The number of hydrogen-bond acceptors (Lipinski definition) is 7. The zero-order valence-electron chi connectivity index (χ0n) is 12.8. The minimum absolute atomic E-state index is 0.0852. The maximum atomic E-state index is 12.1. The van der Waals surface area contributed by atoms with Crippen LogP contribution in [-0.4, -0.2) is 36.4 Å². The van der Waals surface area contributed by atoms with Crippen LogP contribution in [0.15, 0.2) is 47.6 Å². The molecule has 1 aromatic heterocycles. The zero-order chi connectivity index (χ0) is 16.9. The van der Waals surface area contributed by atoms with E-state index in [1.54, 1.807) is 0 Å². The van der Waals surface area contributed by atoms with Crippen molar-refractivity contribution in [1.82, 2.24) is 4.98 Å². The number of aliphatic imine (C=N–C) groups is 1. The Hall–Kier alpha value is -3.22. The second kappa shape index (κ2) is 6.91. The molecule has 1 aromatic carbocycles. The lowest BCUT2D eigenvalue weighted by atomic mass is 10.2. The Morgan fingerprint density at radius 2 is 2.00 bits per heavy atom. The lowest BCUT2D eigenvalue weighted by molar-refractivity contribution is -0.150. The van der Waals surface area contributed by atoms with Crippen LogP contribution in [0.3, 0.4) is 0 Å². The number of carbonyl (C=O) groups is 2. The number of benzene rings is 1. The largest absolute Gasteiger partial charge is 0.465 e. The smallest absolute Gasteiger partial charge is 0.353 e. The molecule has 0 radical (unpaired) electrons. The van der Waals surface area contributed by atoms with Gasteiger partial charge in [-0.15, -0.1) is 0 Å². The summed E-state index contributed by atoms with van der Waals surface area (Å²) in [7, 11) is 1.27. The van der Waals surface area contributed by atoms with Gasteiger partial charge in [-0.25, -0.2) is 14.6 Å². The maximum Gasteiger partial charge on any atom is 0.353 e. The third-order valence-electron chi connectivity index (χ3n) is 3.33. The summed E-state index contributed by atoms with van der Waals surface area (Å²) in [6, 6.07) is 10.8. The van der Waals surface area contributed by atoms with E-state index in [1.165, 1.54) is 25.6 Å². The third kappa shape index (κ3) is 3.24. The van der Waals surface area contributed by atoms with Gasteiger partial charge in [0.05, 0.1) is 18.9 Å². The number of pyridine rings is 1. The van der Waals surface area contributed by atoms with Crippen LogP contribution < -0.4 is 4.74 Å². The van der Waals surface area contributed by atoms with Crippen molar-refractivity contribution in [3.63, 3.8) is 0 Å². The Morgan fingerprint density at radius 1 is 1.21 bits per heavy atom. The van der Waals surface area contributed by atoms with Crippen LogP contribution in [0, 0.1) is 0 Å². The number of hydrogen-bond donors (Lipinski definition) is 0. The van der Waals surface area contributed by atoms with Crippen molar-refractivity contribution in [1.29, 1.82) is 0 Å². The molecule has 0 bridgehead atoms. The molecule has 1 unspecified atom stereocenters. The summed E-state index contributed by atoms with van der Waals surface area (Å²) in [6.45, 7) is 0.135. The number of methoxy groups -OCH3 is 1. The molecule has 0 saturated carbocycles. The number of rotatable bonds is 4. The van der Waals surface area contributed by atoms with Crippen LogP contribution in [0.1, 0.15) is 15.9 Å². The summed E-state index contributed by atoms with van der Waals surface area (Å²) in [6.07, 6.45) is 1.66. The zero-order valence-corrected chi connectivity index (χ0v) is 12.8. The predicted molar refractivity (Wildman–Crippen MR) is 84.4 cm³/mol. The standard InChI is InChI=1S/C17H14N2O5/c1-22-16(20)12-7-8-18-15-14(12)19-9-13(24-15)17(21)23-10-11-5-3-2-4-6-11/h2-9,13H,10H2,1H3. The number of ether oxygens (including phenoxy) is 3. The highest BCUT2D eigenvalue weighted by molar-refractivity contribution is 6.00. The molecule has 0 aliphatic carbocycles. The molecule has 1 aliphatic heterocycles. The summed E-state index contributed by atoms with van der Waals surface area (Å²) in [5.41, 5.74) is 1.32. The van der Waals surface area contributed by atoms with Crippen molar-refractivity contribution in [2.24, 2.45) is 4.99 Å². The van der Waals surface area contributed by atoms with E-state index < -0.39 is 18.0 Å². The molecule has 2 aromatic rings. The average molecular weight is 326 g/mol. The molecule has 1 aliphatic rings. The second-order valence-electron chi connectivity index (χ2n) is 4.91. The number of fused-ring (bicyclic) bond motifs is 1. The summed E-state index contributed by atoms with van der Waals surface area (Å²) < 4.78 is 15.4. The molecule has 0 fully saturated rings. The van der Waals surface area contributed by atoms with Gasteiger partial charge in [0.25, 0.3) is 0 Å². The van der Waals surface area contributed by atoms with Gasteiger partial charge in [0.1, 0.15) is 12.3 Å². The van der Waals surface area contributed by atoms with Crippen LogP contribution in [0.25, 0.3) is 0 Å². The Labute approximate surface area is 137 Å². The second-order valence-corrected chi connectivity index (χ2v) is 4.91. The van der Waals surface area contributed by atoms with Gasteiger partial charge in [0.2, 0.25) is 12.0 Å². The number of nitrogens with zero attached hydrogens (tertiary/aromatic N) is 2. The Bertz CT molecular complexity index is 789. The average Bonchev–Trinajstić information content (AvgIpc) is 2.65. The van der Waals surface area contributed by atoms with E-state index in [0.717, 1.165) is 5.56 Å². The van der Waals surface area contributed by atoms with Crippen LogP contribution >= 0.6 is 0 Å². The van der Waals surface area contributed by atoms with Gasteiger partial charge < -0.3 is 14.2 Å². The fourth-order valence-corrected chi connectivity index (χ4v) is 2.13. The van der Waals surface area contributed by atoms with E-state index in [9.17, 15) is 9.59 Å². The van der Waals surface area contributed by atoms with E-state index in [1.807, 2.05) is 30.3 Å². The Kier molecular flexibility index (Phi) is 4.51. The predicted octanol–water partition coefficient (Wildman–Crippen LogP) is 2.07. The first-order valence-corrected chi connectivity index (χ1v) is 7.18. The van der Waals surface area contributed by atoms with Crippen molar-refractivity contribution in [3.8, 4) is 5.88 Å². The molecule has 1 atom stereocenters. The monoisotopic (exact) mass is 326 g/mol. The first-order chi connectivity index (χ1) is 11.7. The van der Waals surface area contributed by atoms with E-state index in [-0.39, 0.29) is 23.7 Å². The van der Waals surface area contributed by atoms with Crippen molar-refractivity contribution in [3.05, 3.63) is 53.7 Å². The molecule has 0 N–H and O–H groups in total. The SMILES string of the molecule is COC(=O)c1ccnc2c1N=CC(C(=O)OCc1ccccc1)O2. The van der Waals surface area contributed by atoms with Gasteiger partial charge >= 0.3 is 11.9 Å². The highest BCUT2D eigenvalue weighted by atomic mass is 16.6. The summed E-state index contributed by atoms with van der Waals surface area (Å²) >= 11 is 0. The molecule has 122 valence electrons. The first-order valence-electron chi connectivity index (χ1n) is 7.18. The normalized spacial score (nSPS) is 15.1. The molecule has 0 spiro atoms. The van der Waals surface area contributed by atoms with Gasteiger partial charge in [-0.05, 0) is 11.6 Å². The van der Waals surface area contributed by atoms with Gasteiger partial charge in [-0.1, -0.05) is 30.3 Å². The van der Waals surface area contributed by atoms with E-state index in [2.05, 4.69) is 14.7 Å². The molecule has 7 nitrogen and oxygen atoms in total. The highest BCUT2D eigenvalue weighted by Gasteiger charge is 2.28. The highest BCUT2D eigenvalue weighted by Crippen LogP contribution is 2.32. The first kappa shape index (κ1) is 15.7. The Morgan fingerprint density at radius 3 is 2.75 bits per heavy atom. The minimum atomic E-state index is -1.01. The number of esters is 2. The van der Waals surface area contributed by atoms with Gasteiger partial charge in [0, 0.05) is 6.20 Å². The lowest BCUT2D eigenvalue weighted by Crippen LogP contribution is -2.32. The molecule has 0 amide bonds. The Balaban J connectivity index is 1.70. The van der Waals surface area contributed by atoms with Crippen LogP contribution in [-0.2, 0) is 20.9 Å². The van der Waals surface area contributed by atoms with Crippen molar-refractivity contribution in [2.75, 3.05) is 7.11 Å². The van der Waals surface area contributed by atoms with Crippen LogP contribution in [0.2, 0.25) is 0 Å². The minimum Gasteiger partial charge on any atom is -0.465 e. The molecule has 0 saturated heterocycles. The molecule has 2 heterocycles. The summed E-state index contributed by atoms with van der Waals surface area (Å²) in [4.78, 5) is 31.9. The van der Waals surface area contributed by atoms with Crippen molar-refractivity contribution < 1.29 is 23.8 Å². The molecule has 24 heavy (non-hydrogen) atoms. The van der Waals surface area contributed by atoms with E-state index in [4.69, 9.17) is 9.47 Å². The van der Waals surface area contributed by atoms with E-state index >= 15 is 0 Å². The van der Waals surface area contributed by atoms with Crippen LogP contribution in [0.5, 0.6) is 5.88 Å². The van der Waals surface area contributed by atoms with Gasteiger partial charge in [0.15, 0.2) is 0 Å². The fourth-order valence-electron chi connectivity index (χ4n) is 2.13.